The third kappa shape index (κ3) is 5.68. The average Bonchev–Trinajstić information content (AvgIpc) is 3.17. The zero-order valence-corrected chi connectivity index (χ0v) is 20.2. The van der Waals surface area contributed by atoms with Crippen LogP contribution in [0.2, 0.25) is 0 Å². The highest BCUT2D eigenvalue weighted by Crippen LogP contribution is 2.36. The van der Waals surface area contributed by atoms with Gasteiger partial charge < -0.3 is 5.11 Å². The van der Waals surface area contributed by atoms with Crippen molar-refractivity contribution in [2.45, 2.75) is 53.4 Å². The molecule has 0 spiro atoms. The van der Waals surface area contributed by atoms with Crippen molar-refractivity contribution >= 4 is 34.6 Å². The van der Waals surface area contributed by atoms with Crippen LogP contribution in [-0.4, -0.2) is 29.0 Å². The number of nitrogens with zero attached hydrogens (tertiary/aromatic N) is 3. The number of aromatic nitrogens is 1. The van der Waals surface area contributed by atoms with Gasteiger partial charge in [0.15, 0.2) is 0 Å². The summed E-state index contributed by atoms with van der Waals surface area (Å²) in [5.41, 5.74) is 0.904. The molecule has 0 aliphatic heterocycles. The fraction of sp³-hybridized carbons (Fsp3) is 0.480. The second-order valence-corrected chi connectivity index (χ2v) is 10.5. The summed E-state index contributed by atoms with van der Waals surface area (Å²) in [4.78, 5) is 30.7. The van der Waals surface area contributed by atoms with Crippen molar-refractivity contribution < 1.29 is 14.7 Å². The first-order chi connectivity index (χ1) is 15.1. The molecule has 0 saturated heterocycles. The first kappa shape index (κ1) is 23.8. The highest BCUT2D eigenvalue weighted by Gasteiger charge is 2.34. The largest absolute Gasteiger partial charge is 0.477 e. The van der Waals surface area contributed by atoms with Crippen molar-refractivity contribution in [2.75, 3.05) is 17.1 Å². The maximum atomic E-state index is 13.8. The highest BCUT2D eigenvalue weighted by atomic mass is 32.1. The number of carboxylic acids is 1. The predicted octanol–water partition coefficient (Wildman–Crippen LogP) is 5.45. The van der Waals surface area contributed by atoms with E-state index in [1.165, 1.54) is 5.01 Å². The van der Waals surface area contributed by atoms with E-state index in [9.17, 15) is 14.7 Å². The Bertz CT molecular complexity index is 1020. The Morgan fingerprint density at radius 2 is 1.78 bits per heavy atom. The summed E-state index contributed by atoms with van der Waals surface area (Å²) in [7, 11) is 1.78. The third-order valence-corrected chi connectivity index (χ3v) is 6.63. The Balaban J connectivity index is 2.08. The van der Waals surface area contributed by atoms with Crippen LogP contribution in [0.3, 0.4) is 0 Å². The van der Waals surface area contributed by atoms with E-state index in [0.29, 0.717) is 16.5 Å². The monoisotopic (exact) mass is 453 g/mol. The quantitative estimate of drug-likeness (QED) is 0.481. The van der Waals surface area contributed by atoms with Crippen LogP contribution >= 0.6 is 11.3 Å². The first-order valence-corrected chi connectivity index (χ1v) is 11.8. The molecule has 0 unspecified atom stereocenters. The molecule has 3 rings (SSSR count). The minimum atomic E-state index is -1.06. The van der Waals surface area contributed by atoms with Gasteiger partial charge in [0.05, 0.1) is 16.3 Å². The lowest BCUT2D eigenvalue weighted by Gasteiger charge is -2.37. The fourth-order valence-electron chi connectivity index (χ4n) is 3.79. The second-order valence-electron chi connectivity index (χ2n) is 9.47. The van der Waals surface area contributed by atoms with E-state index >= 15 is 0 Å². The van der Waals surface area contributed by atoms with Crippen LogP contribution in [0.1, 0.15) is 67.9 Å². The molecular weight excluding hydrogens is 422 g/mol. The molecule has 6 nitrogen and oxygen atoms in total. The van der Waals surface area contributed by atoms with E-state index < -0.39 is 5.97 Å². The van der Waals surface area contributed by atoms with Crippen molar-refractivity contribution in [3.05, 3.63) is 40.3 Å². The number of carbonyl (C=O) groups excluding carboxylic acids is 1. The molecule has 32 heavy (non-hydrogen) atoms. The molecular formula is C25H31N3O3S. The van der Waals surface area contributed by atoms with E-state index in [1.807, 2.05) is 20.8 Å². The fourth-order valence-corrected chi connectivity index (χ4v) is 4.62. The van der Waals surface area contributed by atoms with Gasteiger partial charge in [-0.2, -0.15) is 0 Å². The summed E-state index contributed by atoms with van der Waals surface area (Å²) in [5.74, 6) is 5.59. The molecule has 0 atom stereocenters. The Labute approximate surface area is 194 Å². The van der Waals surface area contributed by atoms with Crippen molar-refractivity contribution in [3.8, 4) is 11.8 Å². The molecule has 1 N–H and O–H groups in total. The van der Waals surface area contributed by atoms with Crippen molar-refractivity contribution in [1.29, 1.82) is 0 Å². The van der Waals surface area contributed by atoms with Gasteiger partial charge in [0, 0.05) is 30.8 Å². The minimum absolute atomic E-state index is 0.0770. The standard InChI is InChI=1S/C25H31N3O3S/c1-17-6-8-18(9-7-17)23(29)28(27(5)19-11-14-26-15-12-19)21-16-20(10-13-25(2,3)4)32-22(21)24(30)31/h11-12,14-18H,6-9H2,1-5H3,(H,30,31). The maximum absolute atomic E-state index is 13.8. The Morgan fingerprint density at radius 1 is 1.16 bits per heavy atom. The Hall–Kier alpha value is -2.85. The van der Waals surface area contributed by atoms with Gasteiger partial charge in [-0.15, -0.1) is 11.3 Å². The summed E-state index contributed by atoms with van der Waals surface area (Å²) in [5, 5.41) is 13.2. The number of thiophene rings is 1. The molecule has 1 aliphatic carbocycles. The predicted molar refractivity (Wildman–Crippen MR) is 129 cm³/mol. The van der Waals surface area contributed by atoms with E-state index in [4.69, 9.17) is 0 Å². The number of hydrogen-bond donors (Lipinski definition) is 1. The highest BCUT2D eigenvalue weighted by molar-refractivity contribution is 7.15. The zero-order valence-electron chi connectivity index (χ0n) is 19.4. The average molecular weight is 454 g/mol. The summed E-state index contributed by atoms with van der Waals surface area (Å²) in [6, 6.07) is 5.33. The van der Waals surface area contributed by atoms with E-state index in [0.717, 1.165) is 42.7 Å². The molecule has 1 saturated carbocycles. The lowest BCUT2D eigenvalue weighted by Crippen LogP contribution is -2.48. The zero-order chi connectivity index (χ0) is 23.5. The van der Waals surface area contributed by atoms with Crippen molar-refractivity contribution in [1.82, 2.24) is 4.98 Å². The molecule has 1 amide bonds. The molecule has 2 aromatic heterocycles. The number of amides is 1. The van der Waals surface area contributed by atoms with Gasteiger partial charge >= 0.3 is 5.97 Å². The Kier molecular flexibility index (Phi) is 7.25. The van der Waals surface area contributed by atoms with Gasteiger partial charge in [-0.05, 0) is 70.6 Å². The van der Waals surface area contributed by atoms with E-state index in [1.54, 1.807) is 42.6 Å². The molecule has 0 bridgehead atoms. The van der Waals surface area contributed by atoms with Crippen molar-refractivity contribution in [2.24, 2.45) is 17.3 Å². The molecule has 7 heteroatoms. The molecule has 1 fully saturated rings. The van der Waals surface area contributed by atoms with E-state index in [2.05, 4.69) is 23.7 Å². The van der Waals surface area contributed by atoms with Crippen LogP contribution in [-0.2, 0) is 4.79 Å². The maximum Gasteiger partial charge on any atom is 0.348 e. The lowest BCUT2D eigenvalue weighted by atomic mass is 9.82. The lowest BCUT2D eigenvalue weighted by molar-refractivity contribution is -0.123. The van der Waals surface area contributed by atoms with E-state index in [-0.39, 0.29) is 22.1 Å². The van der Waals surface area contributed by atoms with Crippen LogP contribution in [0.4, 0.5) is 11.4 Å². The number of hydrazine groups is 1. The molecule has 1 aliphatic rings. The molecule has 2 aromatic rings. The second kappa shape index (κ2) is 9.74. The van der Waals surface area contributed by atoms with Gasteiger partial charge in [-0.1, -0.05) is 18.8 Å². The number of aromatic carboxylic acids is 1. The summed E-state index contributed by atoms with van der Waals surface area (Å²) in [6.07, 6.45) is 6.93. The van der Waals surface area contributed by atoms with Crippen molar-refractivity contribution in [3.63, 3.8) is 0 Å². The van der Waals surface area contributed by atoms with Gasteiger partial charge in [0.1, 0.15) is 4.88 Å². The van der Waals surface area contributed by atoms with Gasteiger partial charge in [0.25, 0.3) is 0 Å². The number of rotatable bonds is 5. The third-order valence-electron chi connectivity index (χ3n) is 5.61. The summed E-state index contributed by atoms with van der Waals surface area (Å²) < 4.78 is 0. The number of hydrogen-bond acceptors (Lipinski definition) is 5. The number of carbonyl (C=O) groups is 2. The molecule has 2 heterocycles. The smallest absolute Gasteiger partial charge is 0.348 e. The molecule has 0 radical (unpaired) electrons. The number of anilines is 2. The number of carboxylic acid groups (broad SMARTS) is 1. The normalized spacial score (nSPS) is 18.4. The van der Waals surface area contributed by atoms with Crippen LogP contribution in [0.5, 0.6) is 0 Å². The van der Waals surface area contributed by atoms with Gasteiger partial charge in [0.2, 0.25) is 5.91 Å². The Morgan fingerprint density at radius 3 is 2.34 bits per heavy atom. The first-order valence-electron chi connectivity index (χ1n) is 10.9. The topological polar surface area (TPSA) is 73.7 Å². The van der Waals surface area contributed by atoms with Crippen LogP contribution in [0, 0.1) is 29.1 Å². The SMILES string of the molecule is CC1CCC(C(=O)N(c2cc(C#CC(C)(C)C)sc2C(=O)O)N(C)c2ccncc2)CC1. The summed E-state index contributed by atoms with van der Waals surface area (Å²) >= 11 is 1.11. The molecule has 170 valence electrons. The van der Waals surface area contributed by atoms with Gasteiger partial charge in [-0.25, -0.2) is 9.80 Å². The van der Waals surface area contributed by atoms with Gasteiger partial charge in [-0.3, -0.25) is 14.8 Å². The van der Waals surface area contributed by atoms with Crippen LogP contribution < -0.4 is 10.0 Å². The molecule has 0 aromatic carbocycles. The van der Waals surface area contributed by atoms with Crippen LogP contribution in [0.15, 0.2) is 30.6 Å². The number of pyridine rings is 1. The minimum Gasteiger partial charge on any atom is -0.477 e. The summed E-state index contributed by atoms with van der Waals surface area (Å²) in [6.45, 7) is 8.22. The van der Waals surface area contributed by atoms with Crippen LogP contribution in [0.25, 0.3) is 0 Å².